The van der Waals surface area contributed by atoms with E-state index in [2.05, 4.69) is 57.1 Å². The number of benzene rings is 1. The van der Waals surface area contributed by atoms with Gasteiger partial charge in [-0.2, -0.15) is 0 Å². The van der Waals surface area contributed by atoms with Crippen molar-refractivity contribution in [1.82, 2.24) is 5.32 Å². The zero-order valence-electron chi connectivity index (χ0n) is 10.8. The van der Waals surface area contributed by atoms with Crippen LogP contribution in [0.15, 0.2) is 17.1 Å². The summed E-state index contributed by atoms with van der Waals surface area (Å²) in [6, 6.07) is 4.50. The first-order chi connectivity index (χ1) is 7.45. The van der Waals surface area contributed by atoms with E-state index in [1.165, 1.54) is 28.0 Å². The summed E-state index contributed by atoms with van der Waals surface area (Å²) < 4.78 is 0. The zero-order valence-corrected chi connectivity index (χ0v) is 10.8. The van der Waals surface area contributed by atoms with Crippen molar-refractivity contribution in [3.63, 3.8) is 0 Å². The van der Waals surface area contributed by atoms with Crippen LogP contribution in [-0.4, -0.2) is 12.4 Å². The van der Waals surface area contributed by atoms with Crippen LogP contribution in [0, 0.1) is 20.8 Å². The van der Waals surface area contributed by atoms with Gasteiger partial charge in [0.15, 0.2) is 0 Å². The molecule has 0 bridgehead atoms. The van der Waals surface area contributed by atoms with Crippen molar-refractivity contribution >= 4 is 5.71 Å². The summed E-state index contributed by atoms with van der Waals surface area (Å²) in [6.07, 6.45) is 0. The van der Waals surface area contributed by atoms with E-state index in [-0.39, 0.29) is 5.54 Å². The number of hydrogen-bond donors (Lipinski definition) is 1. The minimum atomic E-state index is -0.0815. The summed E-state index contributed by atoms with van der Waals surface area (Å²) in [6.45, 7) is 11.6. The fraction of sp³-hybridized carbons (Fsp3) is 0.500. The molecule has 0 aromatic heterocycles. The standard InChI is InChI=1S/C14H20N2/c1-9-6-10(2)13(11(3)7-9)14(5)12(4)15-8-16-14/h6-7,16H,8H2,1-5H3. The molecule has 1 aromatic carbocycles. The Balaban J connectivity index is 2.61. The maximum Gasteiger partial charge on any atom is 0.0894 e. The highest BCUT2D eigenvalue weighted by atomic mass is 15.1. The van der Waals surface area contributed by atoms with Gasteiger partial charge >= 0.3 is 0 Å². The van der Waals surface area contributed by atoms with Crippen LogP contribution in [0.2, 0.25) is 0 Å². The van der Waals surface area contributed by atoms with Gasteiger partial charge in [-0.15, -0.1) is 0 Å². The van der Waals surface area contributed by atoms with Crippen molar-refractivity contribution in [2.75, 3.05) is 6.67 Å². The third-order valence-corrected chi connectivity index (χ3v) is 3.65. The van der Waals surface area contributed by atoms with Crippen molar-refractivity contribution in [3.8, 4) is 0 Å². The van der Waals surface area contributed by atoms with Crippen LogP contribution >= 0.6 is 0 Å². The molecule has 0 saturated carbocycles. The Kier molecular flexibility index (Phi) is 2.62. The molecule has 2 nitrogen and oxygen atoms in total. The highest BCUT2D eigenvalue weighted by Gasteiger charge is 2.35. The Morgan fingerprint density at radius 1 is 1.12 bits per heavy atom. The summed E-state index contributed by atoms with van der Waals surface area (Å²) in [4.78, 5) is 4.48. The predicted octanol–water partition coefficient (Wildman–Crippen LogP) is 2.85. The van der Waals surface area contributed by atoms with E-state index in [4.69, 9.17) is 0 Å². The van der Waals surface area contributed by atoms with Gasteiger partial charge in [-0.25, -0.2) is 0 Å². The fourth-order valence-electron chi connectivity index (χ4n) is 2.84. The summed E-state index contributed by atoms with van der Waals surface area (Å²) in [5, 5.41) is 3.50. The van der Waals surface area contributed by atoms with Crippen LogP contribution in [0.1, 0.15) is 36.1 Å². The Morgan fingerprint density at radius 3 is 2.12 bits per heavy atom. The smallest absolute Gasteiger partial charge is 0.0894 e. The Bertz CT molecular complexity index is 437. The molecule has 86 valence electrons. The second kappa shape index (κ2) is 3.70. The molecule has 16 heavy (non-hydrogen) atoms. The molecule has 0 radical (unpaired) electrons. The highest BCUT2D eigenvalue weighted by molar-refractivity contribution is 5.94. The van der Waals surface area contributed by atoms with E-state index in [1.807, 2.05) is 0 Å². The molecular weight excluding hydrogens is 196 g/mol. The molecule has 1 aromatic rings. The first-order valence-corrected chi connectivity index (χ1v) is 5.80. The van der Waals surface area contributed by atoms with E-state index in [0.717, 1.165) is 6.67 Å². The Morgan fingerprint density at radius 2 is 1.69 bits per heavy atom. The number of hydrogen-bond acceptors (Lipinski definition) is 2. The van der Waals surface area contributed by atoms with Gasteiger partial charge in [-0.05, 0) is 51.3 Å². The van der Waals surface area contributed by atoms with Crippen LogP contribution in [0.25, 0.3) is 0 Å². The summed E-state index contributed by atoms with van der Waals surface area (Å²) in [7, 11) is 0. The maximum atomic E-state index is 4.48. The number of nitrogens with one attached hydrogen (secondary N) is 1. The van der Waals surface area contributed by atoms with E-state index < -0.39 is 0 Å². The molecule has 0 spiro atoms. The summed E-state index contributed by atoms with van der Waals surface area (Å²) >= 11 is 0. The van der Waals surface area contributed by atoms with Crippen molar-refractivity contribution in [2.24, 2.45) is 4.99 Å². The topological polar surface area (TPSA) is 24.4 Å². The van der Waals surface area contributed by atoms with E-state index >= 15 is 0 Å². The molecule has 1 atom stereocenters. The number of aryl methyl sites for hydroxylation is 3. The average molecular weight is 216 g/mol. The van der Waals surface area contributed by atoms with Gasteiger partial charge in [0.2, 0.25) is 0 Å². The minimum absolute atomic E-state index is 0.0815. The van der Waals surface area contributed by atoms with Crippen LogP contribution < -0.4 is 5.32 Å². The average Bonchev–Trinajstić information content (AvgIpc) is 2.45. The first-order valence-electron chi connectivity index (χ1n) is 5.80. The molecule has 1 aliphatic heterocycles. The first kappa shape index (κ1) is 11.3. The third kappa shape index (κ3) is 1.57. The van der Waals surface area contributed by atoms with Gasteiger partial charge in [0.1, 0.15) is 0 Å². The van der Waals surface area contributed by atoms with Gasteiger partial charge < -0.3 is 0 Å². The van der Waals surface area contributed by atoms with Gasteiger partial charge in [0.25, 0.3) is 0 Å². The lowest BCUT2D eigenvalue weighted by Crippen LogP contribution is -2.41. The van der Waals surface area contributed by atoms with Crippen LogP contribution in [-0.2, 0) is 5.54 Å². The lowest BCUT2D eigenvalue weighted by Gasteiger charge is -2.29. The number of rotatable bonds is 1. The second-order valence-electron chi connectivity index (χ2n) is 4.98. The molecule has 1 unspecified atom stereocenters. The van der Waals surface area contributed by atoms with E-state index in [0.29, 0.717) is 0 Å². The Hall–Kier alpha value is -1.15. The molecule has 0 fully saturated rings. The molecule has 0 saturated heterocycles. The second-order valence-corrected chi connectivity index (χ2v) is 4.98. The largest absolute Gasteiger partial charge is 0.284 e. The van der Waals surface area contributed by atoms with Crippen molar-refractivity contribution in [2.45, 2.75) is 40.2 Å². The molecule has 1 heterocycles. The van der Waals surface area contributed by atoms with Crippen molar-refractivity contribution < 1.29 is 0 Å². The highest BCUT2D eigenvalue weighted by Crippen LogP contribution is 2.31. The summed E-state index contributed by atoms with van der Waals surface area (Å²) in [5.74, 6) is 0. The molecule has 2 rings (SSSR count). The van der Waals surface area contributed by atoms with E-state index in [9.17, 15) is 0 Å². The zero-order chi connectivity index (χ0) is 11.9. The normalized spacial score (nSPS) is 24.7. The SMILES string of the molecule is CC1=NCNC1(C)c1c(C)cc(C)cc1C. The molecule has 0 amide bonds. The molecule has 2 heteroatoms. The van der Waals surface area contributed by atoms with Crippen molar-refractivity contribution in [1.29, 1.82) is 0 Å². The van der Waals surface area contributed by atoms with Crippen LogP contribution in [0.4, 0.5) is 0 Å². The summed E-state index contributed by atoms with van der Waals surface area (Å²) in [5.41, 5.74) is 6.52. The monoisotopic (exact) mass is 216 g/mol. The van der Waals surface area contributed by atoms with Gasteiger partial charge in [0.05, 0.1) is 12.2 Å². The lowest BCUT2D eigenvalue weighted by atomic mass is 9.82. The van der Waals surface area contributed by atoms with Crippen molar-refractivity contribution in [3.05, 3.63) is 34.4 Å². The lowest BCUT2D eigenvalue weighted by molar-refractivity contribution is 0.528. The predicted molar refractivity (Wildman–Crippen MR) is 69.1 cm³/mol. The minimum Gasteiger partial charge on any atom is -0.284 e. The Labute approximate surface area is 97.8 Å². The molecule has 0 aliphatic carbocycles. The third-order valence-electron chi connectivity index (χ3n) is 3.65. The maximum absolute atomic E-state index is 4.48. The van der Waals surface area contributed by atoms with Gasteiger partial charge in [0, 0.05) is 5.71 Å². The van der Waals surface area contributed by atoms with Crippen LogP contribution in [0.5, 0.6) is 0 Å². The van der Waals surface area contributed by atoms with Gasteiger partial charge in [-0.3, -0.25) is 10.3 Å². The van der Waals surface area contributed by atoms with Crippen LogP contribution in [0.3, 0.4) is 0 Å². The number of aliphatic imine (C=N–C) groups is 1. The number of nitrogens with zero attached hydrogens (tertiary/aromatic N) is 1. The molecule has 1 aliphatic rings. The van der Waals surface area contributed by atoms with E-state index in [1.54, 1.807) is 0 Å². The van der Waals surface area contributed by atoms with Gasteiger partial charge in [-0.1, -0.05) is 17.7 Å². The quantitative estimate of drug-likeness (QED) is 0.767. The molecule has 1 N–H and O–H groups in total. The fourth-order valence-corrected chi connectivity index (χ4v) is 2.84. The molecular formula is C14H20N2.